The maximum Gasteiger partial charge on any atom is 0.407 e. The van der Waals surface area contributed by atoms with Gasteiger partial charge in [-0.2, -0.15) is 4.98 Å². The van der Waals surface area contributed by atoms with Crippen LogP contribution >= 0.6 is 0 Å². The van der Waals surface area contributed by atoms with Gasteiger partial charge in [0.25, 0.3) is 5.91 Å². The topological polar surface area (TPSA) is 152 Å². The molecule has 3 amide bonds. The van der Waals surface area contributed by atoms with Crippen molar-refractivity contribution in [3.8, 4) is 0 Å². The second-order valence-corrected chi connectivity index (χ2v) is 12.9. The van der Waals surface area contributed by atoms with E-state index in [-0.39, 0.29) is 23.3 Å². The third-order valence-corrected chi connectivity index (χ3v) is 7.98. The number of aromatic nitrogens is 2. The van der Waals surface area contributed by atoms with Gasteiger partial charge in [-0.3, -0.25) is 9.59 Å². The zero-order valence-corrected chi connectivity index (χ0v) is 25.1. The molecule has 5 rings (SSSR count). The molecule has 224 valence electrons. The number of hydrogen-bond acceptors (Lipinski definition) is 8. The number of alkyl carbamates (subject to hydrolysis) is 1. The molecule has 0 spiro atoms. The number of allylic oxidation sites excluding steroid dienone is 2. The van der Waals surface area contributed by atoms with E-state index < -0.39 is 23.0 Å². The first-order chi connectivity index (χ1) is 19.8. The van der Waals surface area contributed by atoms with Crippen LogP contribution < -0.4 is 26.6 Å². The molecule has 0 saturated carbocycles. The van der Waals surface area contributed by atoms with Crippen molar-refractivity contribution in [1.29, 1.82) is 0 Å². The molecule has 0 bridgehead atoms. The first-order valence-electron chi connectivity index (χ1n) is 14.7. The lowest BCUT2D eigenvalue weighted by atomic mass is 9.83. The Balaban J connectivity index is 1.45. The van der Waals surface area contributed by atoms with Gasteiger partial charge in [0.2, 0.25) is 11.9 Å². The lowest BCUT2D eigenvalue weighted by molar-refractivity contribution is -0.119. The van der Waals surface area contributed by atoms with Crippen molar-refractivity contribution >= 4 is 46.6 Å². The summed E-state index contributed by atoms with van der Waals surface area (Å²) in [7, 11) is 0. The molecule has 1 fully saturated rings. The van der Waals surface area contributed by atoms with Crippen LogP contribution in [0.5, 0.6) is 0 Å². The van der Waals surface area contributed by atoms with Gasteiger partial charge < -0.3 is 31.3 Å². The summed E-state index contributed by atoms with van der Waals surface area (Å²) in [4.78, 5) is 48.8. The summed E-state index contributed by atoms with van der Waals surface area (Å²) in [6.07, 6.45) is 9.02. The number of nitrogens with two attached hydrogens (primary N) is 1. The molecule has 1 aromatic carbocycles. The zero-order chi connectivity index (χ0) is 30.2. The number of fused-ring (bicyclic) bond motifs is 1. The molecule has 1 aliphatic carbocycles. The fourth-order valence-corrected chi connectivity index (χ4v) is 5.76. The summed E-state index contributed by atoms with van der Waals surface area (Å²) < 4.78 is 5.42. The molecule has 2 aliphatic heterocycles. The van der Waals surface area contributed by atoms with Crippen LogP contribution in [-0.2, 0) is 14.9 Å². The smallest absolute Gasteiger partial charge is 0.407 e. The van der Waals surface area contributed by atoms with Crippen LogP contribution in [0.25, 0.3) is 5.57 Å². The molecule has 1 aromatic heterocycles. The third-order valence-electron chi connectivity index (χ3n) is 7.98. The summed E-state index contributed by atoms with van der Waals surface area (Å²) in [6.45, 7) is 10.5. The predicted molar refractivity (Wildman–Crippen MR) is 163 cm³/mol. The van der Waals surface area contributed by atoms with E-state index in [1.54, 1.807) is 0 Å². The predicted octanol–water partition coefficient (Wildman–Crippen LogP) is 5.00. The van der Waals surface area contributed by atoms with Gasteiger partial charge in [0.1, 0.15) is 17.0 Å². The molecule has 2 aromatic rings. The van der Waals surface area contributed by atoms with Crippen molar-refractivity contribution in [1.82, 2.24) is 15.3 Å². The number of hydrogen-bond donors (Lipinski definition) is 4. The van der Waals surface area contributed by atoms with Gasteiger partial charge in [0.05, 0.1) is 11.1 Å². The Labute approximate surface area is 246 Å². The number of ether oxygens (including phenoxy) is 1. The van der Waals surface area contributed by atoms with Crippen molar-refractivity contribution in [2.75, 3.05) is 28.6 Å². The largest absolute Gasteiger partial charge is 0.444 e. The molecule has 0 radical (unpaired) electrons. The molecule has 0 unspecified atom stereocenters. The molecule has 1 saturated heterocycles. The highest BCUT2D eigenvalue weighted by Crippen LogP contribution is 2.45. The summed E-state index contributed by atoms with van der Waals surface area (Å²) >= 11 is 0. The van der Waals surface area contributed by atoms with E-state index in [9.17, 15) is 14.4 Å². The van der Waals surface area contributed by atoms with Gasteiger partial charge in [-0.1, -0.05) is 6.08 Å². The minimum absolute atomic E-state index is 0.0471. The van der Waals surface area contributed by atoms with Crippen LogP contribution in [0.1, 0.15) is 94.6 Å². The Morgan fingerprint density at radius 1 is 1.19 bits per heavy atom. The van der Waals surface area contributed by atoms with Crippen LogP contribution in [0.4, 0.5) is 27.9 Å². The van der Waals surface area contributed by atoms with E-state index in [1.807, 2.05) is 51.7 Å². The SMILES string of the molecule is CC(C)(C)OC(=O)N[C@H]1CCCN(c2ncc(C(N)=O)c(Nc3cc(C4=CCCCC4)c4c(c3)C(C)(C)C(=O)N4)n2)C1. The Hall–Kier alpha value is -4.15. The Bertz CT molecular complexity index is 1440. The highest BCUT2D eigenvalue weighted by atomic mass is 16.6. The van der Waals surface area contributed by atoms with Crippen molar-refractivity contribution in [2.24, 2.45) is 5.73 Å². The number of nitrogens with zero attached hydrogens (tertiary/aromatic N) is 3. The summed E-state index contributed by atoms with van der Waals surface area (Å²) in [5.74, 6) is 0.00915. The molecule has 42 heavy (non-hydrogen) atoms. The molecule has 1 atom stereocenters. The number of carbonyl (C=O) groups excluding carboxylic acids is 3. The maximum absolute atomic E-state index is 12.9. The Morgan fingerprint density at radius 3 is 2.67 bits per heavy atom. The van der Waals surface area contributed by atoms with E-state index in [0.29, 0.717) is 24.7 Å². The second kappa shape index (κ2) is 11.3. The number of nitrogens with one attached hydrogen (secondary N) is 3. The number of anilines is 4. The number of primary amides is 1. The monoisotopic (exact) mass is 575 g/mol. The van der Waals surface area contributed by atoms with Gasteiger partial charge in [0, 0.05) is 36.6 Å². The highest BCUT2D eigenvalue weighted by molar-refractivity contribution is 6.09. The quantitative estimate of drug-likeness (QED) is 0.376. The average Bonchev–Trinajstić information content (AvgIpc) is 3.15. The summed E-state index contributed by atoms with van der Waals surface area (Å²) in [5.41, 5.74) is 9.20. The van der Waals surface area contributed by atoms with Gasteiger partial charge in [-0.25, -0.2) is 9.78 Å². The lowest BCUT2D eigenvalue weighted by Crippen LogP contribution is -2.49. The molecule has 11 heteroatoms. The number of amides is 3. The first kappa shape index (κ1) is 29.3. The van der Waals surface area contributed by atoms with Crippen LogP contribution in [0, 0.1) is 0 Å². The minimum atomic E-state index is -0.718. The standard InChI is InChI=1S/C31H41N7O4/c1-30(2,3)42-29(41)35-19-12-9-13-38(17-19)28-33-16-22(25(32)39)26(37-28)34-20-14-21(18-10-7-6-8-11-18)24-23(15-20)31(4,5)27(40)36-24/h10,14-16,19H,6-9,11-13,17H2,1-5H3,(H2,32,39)(H,35,41)(H,36,40)(H,33,34,37)/t19-/m0/s1. The summed E-state index contributed by atoms with van der Waals surface area (Å²) in [6, 6.07) is 3.81. The van der Waals surface area contributed by atoms with Gasteiger partial charge in [-0.15, -0.1) is 0 Å². The molecule has 11 nitrogen and oxygen atoms in total. The number of piperidine rings is 1. The zero-order valence-electron chi connectivity index (χ0n) is 25.1. The normalized spacial score (nSPS) is 19.8. The Morgan fingerprint density at radius 2 is 1.98 bits per heavy atom. The average molecular weight is 576 g/mol. The summed E-state index contributed by atoms with van der Waals surface area (Å²) in [5, 5.41) is 9.38. The lowest BCUT2D eigenvalue weighted by Gasteiger charge is -2.33. The van der Waals surface area contributed by atoms with E-state index in [1.165, 1.54) is 11.8 Å². The van der Waals surface area contributed by atoms with E-state index in [4.69, 9.17) is 15.5 Å². The van der Waals surface area contributed by atoms with E-state index in [2.05, 4.69) is 27.0 Å². The number of rotatable bonds is 6. The number of carbonyl (C=O) groups is 3. The maximum atomic E-state index is 12.9. The first-order valence-corrected chi connectivity index (χ1v) is 14.7. The highest BCUT2D eigenvalue weighted by Gasteiger charge is 2.40. The van der Waals surface area contributed by atoms with Crippen LogP contribution in [-0.4, -0.2) is 52.6 Å². The van der Waals surface area contributed by atoms with Crippen molar-refractivity contribution in [3.05, 3.63) is 41.1 Å². The fraction of sp³-hybridized carbons (Fsp3) is 0.516. The third kappa shape index (κ3) is 6.19. The number of benzene rings is 1. The van der Waals surface area contributed by atoms with Gasteiger partial charge in [0.15, 0.2) is 0 Å². The van der Waals surface area contributed by atoms with Crippen molar-refractivity contribution in [3.63, 3.8) is 0 Å². The molecule has 3 aliphatic rings. The molecule has 3 heterocycles. The van der Waals surface area contributed by atoms with Crippen molar-refractivity contribution in [2.45, 2.75) is 90.2 Å². The van der Waals surface area contributed by atoms with Crippen molar-refractivity contribution < 1.29 is 19.1 Å². The molecule has 5 N–H and O–H groups in total. The van der Waals surface area contributed by atoms with E-state index >= 15 is 0 Å². The second-order valence-electron chi connectivity index (χ2n) is 12.9. The molecular weight excluding hydrogens is 534 g/mol. The Kier molecular flexibility index (Phi) is 7.87. The van der Waals surface area contributed by atoms with Crippen LogP contribution in [0.2, 0.25) is 0 Å². The van der Waals surface area contributed by atoms with Crippen LogP contribution in [0.3, 0.4) is 0 Å². The minimum Gasteiger partial charge on any atom is -0.444 e. The van der Waals surface area contributed by atoms with Gasteiger partial charge in [-0.05, 0) is 96.4 Å². The van der Waals surface area contributed by atoms with Crippen LogP contribution in [0.15, 0.2) is 24.4 Å². The molecular formula is C31H41N7O4. The van der Waals surface area contributed by atoms with E-state index in [0.717, 1.165) is 55.3 Å². The van der Waals surface area contributed by atoms with Gasteiger partial charge >= 0.3 is 6.09 Å². The fourth-order valence-electron chi connectivity index (χ4n) is 5.76.